The van der Waals surface area contributed by atoms with Crippen molar-refractivity contribution >= 4 is 17.5 Å². The van der Waals surface area contributed by atoms with Gasteiger partial charge < -0.3 is 15.2 Å². The number of hydrogen-bond donors (Lipinski definition) is 2. The van der Waals surface area contributed by atoms with Gasteiger partial charge in [-0.25, -0.2) is 4.98 Å². The zero-order chi connectivity index (χ0) is 20.3. The molecule has 0 saturated carbocycles. The highest BCUT2D eigenvalue weighted by Crippen LogP contribution is 2.22. The molecule has 0 spiro atoms. The number of fused-ring (bicyclic) bond motifs is 1. The second-order valence-electron chi connectivity index (χ2n) is 8.03. The van der Waals surface area contributed by atoms with Gasteiger partial charge in [-0.2, -0.15) is 0 Å². The molecular weight excluding hydrogens is 352 g/mol. The molecule has 0 atom stereocenters. The normalized spacial score (nSPS) is 13.3. The minimum Gasteiger partial charge on any atom is -0.351 e. The minimum atomic E-state index is -0.271. The van der Waals surface area contributed by atoms with Gasteiger partial charge in [0, 0.05) is 18.8 Å². The van der Waals surface area contributed by atoms with Gasteiger partial charge in [0.2, 0.25) is 0 Å². The first-order valence-corrected chi connectivity index (χ1v) is 10.1. The van der Waals surface area contributed by atoms with Crippen LogP contribution in [0.4, 0.5) is 5.69 Å². The molecule has 150 valence electrons. The van der Waals surface area contributed by atoms with Crippen LogP contribution < -0.4 is 10.6 Å². The first-order chi connectivity index (χ1) is 13.4. The number of hydrogen-bond acceptors (Lipinski definition) is 3. The third-order valence-corrected chi connectivity index (χ3v) is 5.31. The summed E-state index contributed by atoms with van der Waals surface area (Å²) in [7, 11) is 0. The molecule has 28 heavy (non-hydrogen) atoms. The lowest BCUT2D eigenvalue weighted by atomic mass is 10.1. The monoisotopic (exact) mass is 382 g/mol. The van der Waals surface area contributed by atoms with Crippen LogP contribution in [0.3, 0.4) is 0 Å². The maximum Gasteiger partial charge on any atom is 0.291 e. The van der Waals surface area contributed by atoms with Crippen LogP contribution in [-0.2, 0) is 13.0 Å². The molecule has 0 bridgehead atoms. The molecule has 1 aromatic heterocycles. The maximum absolute atomic E-state index is 12.9. The number of aromatic nitrogens is 2. The summed E-state index contributed by atoms with van der Waals surface area (Å²) in [4.78, 5) is 30.0. The standard InChI is InChI=1S/C22H30N4O2/c1-14(2)10-11-23-21(27)19-18-7-5-6-12-26(18)20(25-19)22(28)24-17-9-8-15(3)16(4)13-17/h8-9,13-14H,5-7,10-12H2,1-4H3,(H,23,27)(H,24,28). The number of nitrogens with zero attached hydrogens (tertiary/aromatic N) is 2. The average Bonchev–Trinajstić information content (AvgIpc) is 3.04. The number of rotatable bonds is 6. The van der Waals surface area contributed by atoms with E-state index >= 15 is 0 Å². The molecule has 0 aliphatic carbocycles. The Labute approximate surface area is 166 Å². The van der Waals surface area contributed by atoms with E-state index < -0.39 is 0 Å². The summed E-state index contributed by atoms with van der Waals surface area (Å²) >= 11 is 0. The first-order valence-electron chi connectivity index (χ1n) is 10.1. The van der Waals surface area contributed by atoms with Crippen LogP contribution in [-0.4, -0.2) is 27.9 Å². The Kier molecular flexibility index (Phi) is 6.17. The Morgan fingerprint density at radius 3 is 2.64 bits per heavy atom. The summed E-state index contributed by atoms with van der Waals surface area (Å²) in [6.45, 7) is 9.64. The quantitative estimate of drug-likeness (QED) is 0.796. The van der Waals surface area contributed by atoms with E-state index in [1.54, 1.807) is 0 Å². The Morgan fingerprint density at radius 2 is 1.93 bits per heavy atom. The summed E-state index contributed by atoms with van der Waals surface area (Å²) in [5.41, 5.74) is 4.31. The van der Waals surface area contributed by atoms with Crippen molar-refractivity contribution in [1.29, 1.82) is 0 Å². The van der Waals surface area contributed by atoms with E-state index in [9.17, 15) is 9.59 Å². The largest absolute Gasteiger partial charge is 0.351 e. The molecule has 2 N–H and O–H groups in total. The fourth-order valence-electron chi connectivity index (χ4n) is 3.46. The third-order valence-electron chi connectivity index (χ3n) is 5.31. The summed E-state index contributed by atoms with van der Waals surface area (Å²) < 4.78 is 1.91. The molecule has 2 heterocycles. The van der Waals surface area contributed by atoms with Gasteiger partial charge in [0.1, 0.15) is 5.69 Å². The summed E-state index contributed by atoms with van der Waals surface area (Å²) in [6.07, 6.45) is 3.69. The molecule has 6 heteroatoms. The molecule has 1 aliphatic heterocycles. The number of imidazole rings is 1. The average molecular weight is 383 g/mol. The molecule has 0 unspecified atom stereocenters. The van der Waals surface area contributed by atoms with E-state index in [-0.39, 0.29) is 11.8 Å². The van der Waals surface area contributed by atoms with Gasteiger partial charge in [-0.1, -0.05) is 19.9 Å². The van der Waals surface area contributed by atoms with Crippen molar-refractivity contribution < 1.29 is 9.59 Å². The van der Waals surface area contributed by atoms with Crippen molar-refractivity contribution in [3.05, 3.63) is 46.5 Å². The van der Waals surface area contributed by atoms with Crippen LogP contribution in [0.2, 0.25) is 0 Å². The van der Waals surface area contributed by atoms with Crippen molar-refractivity contribution in [3.63, 3.8) is 0 Å². The summed E-state index contributed by atoms with van der Waals surface area (Å²) in [5.74, 6) is 0.390. The fraction of sp³-hybridized carbons (Fsp3) is 0.500. The lowest BCUT2D eigenvalue weighted by Gasteiger charge is -2.17. The number of carbonyl (C=O) groups excluding carboxylic acids is 2. The van der Waals surface area contributed by atoms with E-state index in [0.717, 1.165) is 49.2 Å². The highest BCUT2D eigenvalue weighted by atomic mass is 16.2. The highest BCUT2D eigenvalue weighted by Gasteiger charge is 2.27. The van der Waals surface area contributed by atoms with Gasteiger partial charge in [0.15, 0.2) is 5.82 Å². The second-order valence-corrected chi connectivity index (χ2v) is 8.03. The molecule has 0 fully saturated rings. The first kappa shape index (κ1) is 20.1. The van der Waals surface area contributed by atoms with Gasteiger partial charge in [-0.15, -0.1) is 0 Å². The number of carbonyl (C=O) groups is 2. The number of nitrogens with one attached hydrogen (secondary N) is 2. The van der Waals surface area contributed by atoms with Crippen LogP contribution in [0.25, 0.3) is 0 Å². The summed E-state index contributed by atoms with van der Waals surface area (Å²) in [5, 5.41) is 5.88. The SMILES string of the molecule is Cc1ccc(NC(=O)c2nc(C(=O)NCCC(C)C)c3n2CCCC3)cc1C. The van der Waals surface area contributed by atoms with Crippen LogP contribution in [0, 0.1) is 19.8 Å². The van der Waals surface area contributed by atoms with Crippen LogP contribution >= 0.6 is 0 Å². The van der Waals surface area contributed by atoms with Gasteiger partial charge in [-0.05, 0) is 68.7 Å². The van der Waals surface area contributed by atoms with Gasteiger partial charge in [-0.3, -0.25) is 9.59 Å². The molecule has 1 aromatic carbocycles. The Morgan fingerprint density at radius 1 is 1.14 bits per heavy atom. The third kappa shape index (κ3) is 4.43. The smallest absolute Gasteiger partial charge is 0.291 e. The van der Waals surface area contributed by atoms with Crippen LogP contribution in [0.15, 0.2) is 18.2 Å². The van der Waals surface area contributed by atoms with Gasteiger partial charge in [0.25, 0.3) is 11.8 Å². The molecule has 2 aromatic rings. The zero-order valence-electron chi connectivity index (χ0n) is 17.3. The van der Waals surface area contributed by atoms with Crippen LogP contribution in [0.5, 0.6) is 0 Å². The van der Waals surface area contributed by atoms with Crippen molar-refractivity contribution in [2.45, 2.75) is 59.9 Å². The molecule has 2 amide bonds. The molecule has 0 radical (unpaired) electrons. The fourth-order valence-corrected chi connectivity index (χ4v) is 3.46. The van der Waals surface area contributed by atoms with E-state index in [2.05, 4.69) is 29.5 Å². The number of aryl methyl sites for hydroxylation is 2. The predicted molar refractivity (Wildman–Crippen MR) is 111 cm³/mol. The minimum absolute atomic E-state index is 0.184. The number of amides is 2. The Balaban J connectivity index is 1.82. The van der Waals surface area contributed by atoms with E-state index in [1.165, 1.54) is 5.56 Å². The van der Waals surface area contributed by atoms with Crippen LogP contribution in [0.1, 0.15) is 71.0 Å². The predicted octanol–water partition coefficient (Wildman–Crippen LogP) is 3.86. The molecule has 3 rings (SSSR count). The van der Waals surface area contributed by atoms with Gasteiger partial charge >= 0.3 is 0 Å². The van der Waals surface area contributed by atoms with Crippen molar-refractivity contribution in [1.82, 2.24) is 14.9 Å². The zero-order valence-corrected chi connectivity index (χ0v) is 17.3. The molecule has 1 aliphatic rings. The Bertz CT molecular complexity index is 883. The maximum atomic E-state index is 12.9. The highest BCUT2D eigenvalue weighted by molar-refractivity contribution is 6.03. The number of anilines is 1. The topological polar surface area (TPSA) is 76.0 Å². The lowest BCUT2D eigenvalue weighted by molar-refractivity contribution is 0.0946. The van der Waals surface area contributed by atoms with Crippen molar-refractivity contribution in [2.24, 2.45) is 5.92 Å². The van der Waals surface area contributed by atoms with Gasteiger partial charge in [0.05, 0.1) is 5.69 Å². The molecule has 0 saturated heterocycles. The molecule has 6 nitrogen and oxygen atoms in total. The molecular formula is C22H30N4O2. The van der Waals surface area contributed by atoms with Crippen molar-refractivity contribution in [3.8, 4) is 0 Å². The summed E-state index contributed by atoms with van der Waals surface area (Å²) in [6, 6.07) is 5.83. The van der Waals surface area contributed by atoms with Crippen molar-refractivity contribution in [2.75, 3.05) is 11.9 Å². The van der Waals surface area contributed by atoms with E-state index in [1.807, 2.05) is 36.6 Å². The number of benzene rings is 1. The van der Waals surface area contributed by atoms with E-state index in [4.69, 9.17) is 0 Å². The van der Waals surface area contributed by atoms with E-state index in [0.29, 0.717) is 24.0 Å². The second kappa shape index (κ2) is 8.59. The lowest BCUT2D eigenvalue weighted by Crippen LogP contribution is -2.27. The Hall–Kier alpha value is -2.63.